The van der Waals surface area contributed by atoms with Crippen LogP contribution in [0.2, 0.25) is 0 Å². The molecule has 0 spiro atoms. The number of halogens is 2. The third kappa shape index (κ3) is 5.19. The molecule has 2 rings (SSSR count). The van der Waals surface area contributed by atoms with E-state index in [1.165, 1.54) is 13.2 Å². The molecule has 0 radical (unpaired) electrons. The normalized spacial score (nSPS) is 16.6. The summed E-state index contributed by atoms with van der Waals surface area (Å²) in [5, 5.41) is 0. The number of rotatable bonds is 9. The maximum atomic E-state index is 12.7. The monoisotopic (exact) mass is 367 g/mol. The summed E-state index contributed by atoms with van der Waals surface area (Å²) < 4.78 is 34.3. The Morgan fingerprint density at radius 1 is 1.31 bits per heavy atom. The van der Waals surface area contributed by atoms with Crippen LogP contribution in [0.3, 0.4) is 0 Å². The van der Waals surface area contributed by atoms with Crippen molar-refractivity contribution in [2.45, 2.75) is 58.7 Å². The number of carbonyl (C=O) groups is 1. The molecule has 4 nitrogen and oxygen atoms in total. The zero-order chi connectivity index (χ0) is 19.3. The highest BCUT2D eigenvalue weighted by atomic mass is 19.3. The standard InChI is InChI=1S/C20H27F2NO3/c1-5-13(2)14(3)23(16-8-9-16)19(24)11-7-15-6-10-17(26-20(21)22)18(12-15)25-4/h6-7,10-14,16,20H,5,8-9H2,1-4H3/b11-7+. The minimum atomic E-state index is -2.92. The van der Waals surface area contributed by atoms with E-state index in [0.717, 1.165) is 19.3 Å². The summed E-state index contributed by atoms with van der Waals surface area (Å²) in [6.07, 6.45) is 6.33. The number of hydrogen-bond acceptors (Lipinski definition) is 3. The summed E-state index contributed by atoms with van der Waals surface area (Å²) in [6, 6.07) is 5.11. The number of amides is 1. The molecule has 2 atom stereocenters. The van der Waals surface area contributed by atoms with Gasteiger partial charge in [0.2, 0.25) is 5.91 Å². The number of nitrogens with zero attached hydrogens (tertiary/aromatic N) is 1. The van der Waals surface area contributed by atoms with Crippen molar-refractivity contribution in [1.82, 2.24) is 4.90 Å². The minimum absolute atomic E-state index is 0.0211. The van der Waals surface area contributed by atoms with Crippen molar-refractivity contribution in [3.05, 3.63) is 29.8 Å². The van der Waals surface area contributed by atoms with Crippen molar-refractivity contribution in [3.8, 4) is 11.5 Å². The SMILES string of the molecule is CCC(C)C(C)N(C(=O)/C=C/c1ccc(OC(F)F)c(OC)c1)C1CC1. The zero-order valence-electron chi connectivity index (χ0n) is 15.7. The highest BCUT2D eigenvalue weighted by Gasteiger charge is 2.36. The van der Waals surface area contributed by atoms with E-state index in [1.54, 1.807) is 24.3 Å². The Morgan fingerprint density at radius 3 is 2.54 bits per heavy atom. The molecule has 0 heterocycles. The second-order valence-electron chi connectivity index (χ2n) is 6.72. The van der Waals surface area contributed by atoms with Gasteiger partial charge in [0, 0.05) is 18.2 Å². The first kappa shape index (κ1) is 20.2. The van der Waals surface area contributed by atoms with E-state index in [1.807, 2.05) is 4.90 Å². The van der Waals surface area contributed by atoms with E-state index in [0.29, 0.717) is 17.5 Å². The summed E-state index contributed by atoms with van der Waals surface area (Å²) >= 11 is 0. The van der Waals surface area contributed by atoms with Crippen LogP contribution in [0.25, 0.3) is 6.08 Å². The molecule has 6 heteroatoms. The Hall–Kier alpha value is -2.11. The molecular formula is C20H27F2NO3. The number of carbonyl (C=O) groups excluding carboxylic acids is 1. The van der Waals surface area contributed by atoms with Gasteiger partial charge in [0.05, 0.1) is 7.11 Å². The van der Waals surface area contributed by atoms with E-state index in [-0.39, 0.29) is 23.4 Å². The first-order valence-corrected chi connectivity index (χ1v) is 9.00. The fourth-order valence-electron chi connectivity index (χ4n) is 2.92. The average molecular weight is 367 g/mol. The van der Waals surface area contributed by atoms with Gasteiger partial charge < -0.3 is 14.4 Å². The molecule has 1 aromatic carbocycles. The molecule has 2 unspecified atom stereocenters. The van der Waals surface area contributed by atoms with Gasteiger partial charge in [-0.3, -0.25) is 4.79 Å². The van der Waals surface area contributed by atoms with Gasteiger partial charge in [-0.05, 0) is 49.5 Å². The van der Waals surface area contributed by atoms with Crippen molar-refractivity contribution in [2.75, 3.05) is 7.11 Å². The van der Waals surface area contributed by atoms with Crippen LogP contribution in [0, 0.1) is 5.92 Å². The molecule has 1 aliphatic rings. The van der Waals surface area contributed by atoms with Crippen LogP contribution < -0.4 is 9.47 Å². The third-order valence-corrected chi connectivity index (χ3v) is 4.92. The Balaban J connectivity index is 2.13. The topological polar surface area (TPSA) is 38.8 Å². The number of hydrogen-bond donors (Lipinski definition) is 0. The van der Waals surface area contributed by atoms with Gasteiger partial charge in [-0.15, -0.1) is 0 Å². The van der Waals surface area contributed by atoms with E-state index >= 15 is 0 Å². The smallest absolute Gasteiger partial charge is 0.387 e. The Labute approximate surface area is 153 Å². The second-order valence-corrected chi connectivity index (χ2v) is 6.72. The van der Waals surface area contributed by atoms with E-state index in [9.17, 15) is 13.6 Å². The summed E-state index contributed by atoms with van der Waals surface area (Å²) in [5.41, 5.74) is 0.684. The van der Waals surface area contributed by atoms with Crippen LogP contribution in [-0.4, -0.2) is 36.6 Å². The van der Waals surface area contributed by atoms with Gasteiger partial charge >= 0.3 is 6.61 Å². The van der Waals surface area contributed by atoms with Crippen LogP contribution in [0.1, 0.15) is 45.6 Å². The summed E-state index contributed by atoms with van der Waals surface area (Å²) in [7, 11) is 1.38. The Kier molecular flexibility index (Phi) is 7.00. The first-order valence-electron chi connectivity index (χ1n) is 9.00. The molecule has 0 N–H and O–H groups in total. The lowest BCUT2D eigenvalue weighted by atomic mass is 9.99. The fourth-order valence-corrected chi connectivity index (χ4v) is 2.92. The Morgan fingerprint density at radius 2 is 2.00 bits per heavy atom. The predicted molar refractivity (Wildman–Crippen MR) is 97.4 cm³/mol. The van der Waals surface area contributed by atoms with Crippen molar-refractivity contribution in [3.63, 3.8) is 0 Å². The number of methoxy groups -OCH3 is 1. The minimum Gasteiger partial charge on any atom is -0.493 e. The van der Waals surface area contributed by atoms with Crippen LogP contribution in [0.15, 0.2) is 24.3 Å². The average Bonchev–Trinajstić information content (AvgIpc) is 3.44. The quantitative estimate of drug-likeness (QED) is 0.592. The molecule has 26 heavy (non-hydrogen) atoms. The number of alkyl halides is 2. The van der Waals surface area contributed by atoms with Crippen molar-refractivity contribution < 1.29 is 23.0 Å². The lowest BCUT2D eigenvalue weighted by Crippen LogP contribution is -2.42. The number of benzene rings is 1. The molecule has 1 aromatic rings. The highest BCUT2D eigenvalue weighted by Crippen LogP contribution is 2.32. The molecule has 0 bridgehead atoms. The summed E-state index contributed by atoms with van der Waals surface area (Å²) in [5.74, 6) is 0.578. The molecule has 0 aliphatic heterocycles. The van der Waals surface area contributed by atoms with Crippen molar-refractivity contribution in [2.24, 2.45) is 5.92 Å². The van der Waals surface area contributed by atoms with E-state index in [4.69, 9.17) is 4.74 Å². The van der Waals surface area contributed by atoms with Crippen LogP contribution >= 0.6 is 0 Å². The lowest BCUT2D eigenvalue weighted by molar-refractivity contribution is -0.129. The van der Waals surface area contributed by atoms with Gasteiger partial charge in [-0.25, -0.2) is 0 Å². The van der Waals surface area contributed by atoms with Crippen molar-refractivity contribution >= 4 is 12.0 Å². The van der Waals surface area contributed by atoms with Gasteiger partial charge in [0.15, 0.2) is 11.5 Å². The Bertz CT molecular complexity index is 644. The molecular weight excluding hydrogens is 340 g/mol. The van der Waals surface area contributed by atoms with Gasteiger partial charge in [-0.1, -0.05) is 26.3 Å². The molecule has 1 fully saturated rings. The molecule has 1 amide bonds. The van der Waals surface area contributed by atoms with E-state index in [2.05, 4.69) is 25.5 Å². The van der Waals surface area contributed by atoms with Crippen LogP contribution in [-0.2, 0) is 4.79 Å². The lowest BCUT2D eigenvalue weighted by Gasteiger charge is -2.32. The molecule has 1 aliphatic carbocycles. The van der Waals surface area contributed by atoms with Crippen molar-refractivity contribution in [1.29, 1.82) is 0 Å². The van der Waals surface area contributed by atoms with E-state index < -0.39 is 6.61 Å². The van der Waals surface area contributed by atoms with Crippen LogP contribution in [0.4, 0.5) is 8.78 Å². The molecule has 144 valence electrons. The second kappa shape index (κ2) is 9.01. The summed E-state index contributed by atoms with van der Waals surface area (Å²) in [4.78, 5) is 14.7. The maximum Gasteiger partial charge on any atom is 0.387 e. The number of ether oxygens (including phenoxy) is 2. The molecule has 1 saturated carbocycles. The predicted octanol–water partition coefficient (Wildman–Crippen LogP) is 4.74. The molecule has 0 saturated heterocycles. The first-order chi connectivity index (χ1) is 12.4. The maximum absolute atomic E-state index is 12.7. The van der Waals surface area contributed by atoms with Gasteiger partial charge in [0.1, 0.15) is 0 Å². The fraction of sp³-hybridized carbons (Fsp3) is 0.550. The largest absolute Gasteiger partial charge is 0.493 e. The van der Waals surface area contributed by atoms with Crippen LogP contribution in [0.5, 0.6) is 11.5 Å². The zero-order valence-corrected chi connectivity index (χ0v) is 15.7. The van der Waals surface area contributed by atoms with Gasteiger partial charge in [0.25, 0.3) is 0 Å². The third-order valence-electron chi connectivity index (χ3n) is 4.92. The molecule has 0 aromatic heterocycles. The van der Waals surface area contributed by atoms with Gasteiger partial charge in [-0.2, -0.15) is 8.78 Å². The highest BCUT2D eigenvalue weighted by molar-refractivity contribution is 5.92. The summed E-state index contributed by atoms with van der Waals surface area (Å²) in [6.45, 7) is 3.46.